The van der Waals surface area contributed by atoms with Crippen molar-refractivity contribution in [2.24, 2.45) is 5.92 Å². The van der Waals surface area contributed by atoms with Crippen molar-refractivity contribution in [3.63, 3.8) is 0 Å². The van der Waals surface area contributed by atoms with E-state index in [0.29, 0.717) is 11.8 Å². The highest BCUT2D eigenvalue weighted by Crippen LogP contribution is 2.54. The van der Waals surface area contributed by atoms with Crippen LogP contribution < -0.4 is 0 Å². The van der Waals surface area contributed by atoms with Gasteiger partial charge in [0, 0.05) is 5.88 Å². The molecule has 0 saturated heterocycles. The van der Waals surface area contributed by atoms with Crippen molar-refractivity contribution < 1.29 is 13.2 Å². The molecule has 1 aromatic carbocycles. The Hall–Kier alpha value is -0.700. The predicted octanol–water partition coefficient (Wildman–Crippen LogP) is 4.22. The molecule has 0 nitrogen and oxygen atoms in total. The van der Waals surface area contributed by atoms with Gasteiger partial charge in [0.05, 0.1) is 5.56 Å². The van der Waals surface area contributed by atoms with Gasteiger partial charge in [-0.3, -0.25) is 0 Å². The van der Waals surface area contributed by atoms with E-state index in [0.717, 1.165) is 24.1 Å². The van der Waals surface area contributed by atoms with E-state index in [1.54, 1.807) is 12.1 Å². The lowest BCUT2D eigenvalue weighted by molar-refractivity contribution is -0.137. The van der Waals surface area contributed by atoms with Crippen LogP contribution in [0, 0.1) is 5.92 Å². The fraction of sp³-hybridized carbons (Fsp3) is 0.500. The van der Waals surface area contributed by atoms with Crippen LogP contribution in [0.1, 0.15) is 24.5 Å². The average Bonchev–Trinajstić information content (AvgIpc) is 2.90. The minimum Gasteiger partial charge on any atom is -0.166 e. The van der Waals surface area contributed by atoms with Crippen LogP contribution in [0.2, 0.25) is 0 Å². The highest BCUT2D eigenvalue weighted by atomic mass is 35.5. The third-order valence-corrected chi connectivity index (χ3v) is 3.84. The largest absolute Gasteiger partial charge is 0.416 e. The summed E-state index contributed by atoms with van der Waals surface area (Å²) in [6.07, 6.45) is -3.29. The van der Waals surface area contributed by atoms with Crippen LogP contribution in [0.4, 0.5) is 13.2 Å². The summed E-state index contributed by atoms with van der Waals surface area (Å²) >= 11 is 5.76. The molecule has 0 N–H and O–H groups in total. The van der Waals surface area contributed by atoms with Gasteiger partial charge in [-0.25, -0.2) is 0 Å². The standard InChI is InChI=1S/C12H12ClF3/c1-11(6-10(11)7-13)8-2-4-9(5-3-8)12(14,15)16/h2-5,10H,6-7H2,1H3. The van der Waals surface area contributed by atoms with Gasteiger partial charge in [0.15, 0.2) is 0 Å². The summed E-state index contributed by atoms with van der Waals surface area (Å²) in [5.74, 6) is 0.961. The molecule has 16 heavy (non-hydrogen) atoms. The molecule has 2 atom stereocenters. The highest BCUT2D eigenvalue weighted by Gasteiger charge is 2.50. The van der Waals surface area contributed by atoms with E-state index in [1.807, 2.05) is 6.92 Å². The van der Waals surface area contributed by atoms with Crippen molar-refractivity contribution in [3.8, 4) is 0 Å². The van der Waals surface area contributed by atoms with Gasteiger partial charge < -0.3 is 0 Å². The van der Waals surface area contributed by atoms with Crippen LogP contribution in [0.3, 0.4) is 0 Å². The quantitative estimate of drug-likeness (QED) is 0.688. The normalized spacial score (nSPS) is 29.2. The Balaban J connectivity index is 2.21. The van der Waals surface area contributed by atoms with E-state index >= 15 is 0 Å². The van der Waals surface area contributed by atoms with Crippen LogP contribution in [0.25, 0.3) is 0 Å². The molecule has 1 saturated carbocycles. The van der Waals surface area contributed by atoms with Gasteiger partial charge in [-0.15, -0.1) is 11.6 Å². The van der Waals surface area contributed by atoms with E-state index < -0.39 is 11.7 Å². The number of alkyl halides is 4. The van der Waals surface area contributed by atoms with E-state index in [-0.39, 0.29) is 5.41 Å². The second kappa shape index (κ2) is 3.66. The first-order valence-corrected chi connectivity index (χ1v) is 5.65. The Morgan fingerprint density at radius 1 is 1.31 bits per heavy atom. The minimum absolute atomic E-state index is 0.0219. The molecule has 1 fully saturated rings. The Morgan fingerprint density at radius 3 is 2.25 bits per heavy atom. The van der Waals surface area contributed by atoms with Crippen LogP contribution in [0.5, 0.6) is 0 Å². The van der Waals surface area contributed by atoms with Gasteiger partial charge >= 0.3 is 6.18 Å². The van der Waals surface area contributed by atoms with E-state index in [1.165, 1.54) is 0 Å². The third-order valence-electron chi connectivity index (χ3n) is 3.47. The molecule has 0 aliphatic heterocycles. The molecule has 0 spiro atoms. The molecule has 1 aliphatic rings. The number of rotatable bonds is 2. The molecule has 1 aromatic rings. The van der Waals surface area contributed by atoms with E-state index in [4.69, 9.17) is 11.6 Å². The summed E-state index contributed by atoms with van der Waals surface area (Å²) in [6, 6.07) is 5.42. The van der Waals surface area contributed by atoms with Crippen LogP contribution >= 0.6 is 11.6 Å². The lowest BCUT2D eigenvalue weighted by atomic mass is 9.95. The molecule has 2 rings (SSSR count). The molecule has 0 aromatic heterocycles. The summed E-state index contributed by atoms with van der Waals surface area (Å²) < 4.78 is 37.1. The summed E-state index contributed by atoms with van der Waals surface area (Å²) in [5.41, 5.74) is 0.334. The first-order chi connectivity index (χ1) is 7.38. The van der Waals surface area contributed by atoms with Gasteiger partial charge in [0.1, 0.15) is 0 Å². The maximum atomic E-state index is 12.4. The molecular formula is C12H12ClF3. The molecular weight excluding hydrogens is 237 g/mol. The molecule has 0 bridgehead atoms. The van der Waals surface area contributed by atoms with Crippen LogP contribution in [-0.4, -0.2) is 5.88 Å². The maximum absolute atomic E-state index is 12.4. The molecule has 88 valence electrons. The van der Waals surface area contributed by atoms with Crippen molar-refractivity contribution in [1.82, 2.24) is 0 Å². The molecule has 0 amide bonds. The topological polar surface area (TPSA) is 0 Å². The highest BCUT2D eigenvalue weighted by molar-refractivity contribution is 6.18. The fourth-order valence-corrected chi connectivity index (χ4v) is 2.52. The van der Waals surface area contributed by atoms with Crippen molar-refractivity contribution in [3.05, 3.63) is 35.4 Å². The zero-order chi connectivity index (χ0) is 12.0. The Labute approximate surface area is 97.4 Å². The smallest absolute Gasteiger partial charge is 0.166 e. The number of benzene rings is 1. The lowest BCUT2D eigenvalue weighted by Crippen LogP contribution is -2.08. The van der Waals surface area contributed by atoms with Crippen LogP contribution in [0.15, 0.2) is 24.3 Å². The first-order valence-electron chi connectivity index (χ1n) is 5.11. The summed E-state index contributed by atoms with van der Waals surface area (Å²) in [5, 5.41) is 0. The SMILES string of the molecule is CC1(c2ccc(C(F)(F)F)cc2)CC1CCl. The summed E-state index contributed by atoms with van der Waals surface area (Å²) in [7, 11) is 0. The zero-order valence-corrected chi connectivity index (χ0v) is 9.57. The Kier molecular flexibility index (Phi) is 2.69. The average molecular weight is 249 g/mol. The fourth-order valence-electron chi connectivity index (χ4n) is 2.07. The zero-order valence-electron chi connectivity index (χ0n) is 8.81. The van der Waals surface area contributed by atoms with E-state index in [2.05, 4.69) is 0 Å². The molecule has 4 heteroatoms. The number of hydrogen-bond donors (Lipinski definition) is 0. The van der Waals surface area contributed by atoms with Crippen molar-refractivity contribution in [2.75, 3.05) is 5.88 Å². The van der Waals surface area contributed by atoms with Crippen molar-refractivity contribution >= 4 is 11.6 Å². The lowest BCUT2D eigenvalue weighted by Gasteiger charge is -2.13. The van der Waals surface area contributed by atoms with Gasteiger partial charge in [-0.05, 0) is 35.4 Å². The Morgan fingerprint density at radius 2 is 1.88 bits per heavy atom. The Bertz CT molecular complexity index is 382. The maximum Gasteiger partial charge on any atom is 0.416 e. The van der Waals surface area contributed by atoms with Gasteiger partial charge in [-0.2, -0.15) is 13.2 Å². The summed E-state index contributed by atoms with van der Waals surface area (Å²) in [6.45, 7) is 2.04. The minimum atomic E-state index is -4.26. The number of hydrogen-bond acceptors (Lipinski definition) is 0. The summed E-state index contributed by atoms with van der Waals surface area (Å²) in [4.78, 5) is 0. The second-order valence-electron chi connectivity index (χ2n) is 4.55. The van der Waals surface area contributed by atoms with E-state index in [9.17, 15) is 13.2 Å². The van der Waals surface area contributed by atoms with Gasteiger partial charge in [0.2, 0.25) is 0 Å². The first kappa shape index (κ1) is 11.8. The van der Waals surface area contributed by atoms with Crippen molar-refractivity contribution in [2.45, 2.75) is 24.9 Å². The predicted molar refractivity (Wildman–Crippen MR) is 57.6 cm³/mol. The number of halogens is 4. The molecule has 0 heterocycles. The second-order valence-corrected chi connectivity index (χ2v) is 4.86. The monoisotopic (exact) mass is 248 g/mol. The van der Waals surface area contributed by atoms with Gasteiger partial charge in [-0.1, -0.05) is 19.1 Å². The van der Waals surface area contributed by atoms with Crippen LogP contribution in [-0.2, 0) is 11.6 Å². The molecule has 2 unspecified atom stereocenters. The van der Waals surface area contributed by atoms with Crippen molar-refractivity contribution in [1.29, 1.82) is 0 Å². The molecule has 0 radical (unpaired) electrons. The molecule has 1 aliphatic carbocycles. The third kappa shape index (κ3) is 1.93. The van der Waals surface area contributed by atoms with Gasteiger partial charge in [0.25, 0.3) is 0 Å².